The van der Waals surface area contributed by atoms with Crippen LogP contribution in [0.25, 0.3) is 0 Å². The summed E-state index contributed by atoms with van der Waals surface area (Å²) in [5.41, 5.74) is 5.96. The molecular weight excluding hydrogens is 214 g/mol. The molecule has 1 atom stereocenters. The highest BCUT2D eigenvalue weighted by molar-refractivity contribution is 4.83. The molecule has 1 fully saturated rings. The van der Waals surface area contributed by atoms with Gasteiger partial charge in [-0.3, -0.25) is 0 Å². The minimum Gasteiger partial charge on any atom is -0.377 e. The third-order valence-corrected chi connectivity index (χ3v) is 3.99. The Labute approximate surface area is 106 Å². The van der Waals surface area contributed by atoms with Gasteiger partial charge in [0.25, 0.3) is 0 Å². The number of nitrogens with two attached hydrogens (primary N) is 1. The van der Waals surface area contributed by atoms with E-state index >= 15 is 0 Å². The van der Waals surface area contributed by atoms with Crippen molar-refractivity contribution in [2.24, 2.45) is 5.73 Å². The van der Waals surface area contributed by atoms with E-state index in [1.165, 1.54) is 26.1 Å². The van der Waals surface area contributed by atoms with Crippen molar-refractivity contribution in [2.45, 2.75) is 38.3 Å². The van der Waals surface area contributed by atoms with Gasteiger partial charge < -0.3 is 20.3 Å². The van der Waals surface area contributed by atoms with Crippen LogP contribution in [0.2, 0.25) is 0 Å². The summed E-state index contributed by atoms with van der Waals surface area (Å²) in [5.74, 6) is 0. The summed E-state index contributed by atoms with van der Waals surface area (Å²) in [6.07, 6.45) is 2.27. The monoisotopic (exact) mass is 243 g/mol. The molecule has 0 aromatic heterocycles. The average Bonchev–Trinajstić information content (AvgIpc) is 2.51. The summed E-state index contributed by atoms with van der Waals surface area (Å²) in [6.45, 7) is 9.96. The van der Waals surface area contributed by atoms with E-state index in [4.69, 9.17) is 10.5 Å². The number of nitrogens with zero attached hydrogens (tertiary/aromatic N) is 2. The van der Waals surface area contributed by atoms with E-state index < -0.39 is 0 Å². The molecule has 2 N–H and O–H groups in total. The highest BCUT2D eigenvalue weighted by atomic mass is 16.5. The summed E-state index contributed by atoms with van der Waals surface area (Å²) in [6, 6.07) is 0.105. The average molecular weight is 243 g/mol. The third kappa shape index (κ3) is 4.92. The van der Waals surface area contributed by atoms with Crippen LogP contribution in [-0.4, -0.2) is 68.3 Å². The van der Waals surface area contributed by atoms with Gasteiger partial charge in [0.05, 0.1) is 5.60 Å². The molecule has 0 aromatic carbocycles. The first-order valence-corrected chi connectivity index (χ1v) is 6.67. The minimum absolute atomic E-state index is 0.105. The SMILES string of the molecule is COC(C)(C)C(N)CCN1CCCN(C)CC1. The summed E-state index contributed by atoms with van der Waals surface area (Å²) in [4.78, 5) is 4.92. The van der Waals surface area contributed by atoms with Crippen LogP contribution in [0.1, 0.15) is 26.7 Å². The quantitative estimate of drug-likeness (QED) is 0.774. The van der Waals surface area contributed by atoms with Crippen LogP contribution in [-0.2, 0) is 4.74 Å². The van der Waals surface area contributed by atoms with E-state index in [0.29, 0.717) is 0 Å². The van der Waals surface area contributed by atoms with E-state index in [-0.39, 0.29) is 11.6 Å². The lowest BCUT2D eigenvalue weighted by molar-refractivity contribution is -0.00361. The molecule has 1 heterocycles. The Bertz CT molecular complexity index is 221. The van der Waals surface area contributed by atoms with Crippen LogP contribution in [0.5, 0.6) is 0 Å². The first kappa shape index (κ1) is 14.9. The second-order valence-electron chi connectivity index (χ2n) is 5.70. The molecule has 0 spiro atoms. The van der Waals surface area contributed by atoms with Gasteiger partial charge in [0, 0.05) is 26.2 Å². The zero-order valence-electron chi connectivity index (χ0n) is 11.9. The number of likely N-dealkylation sites (N-methyl/N-ethyl adjacent to an activating group) is 1. The van der Waals surface area contributed by atoms with Crippen LogP contribution in [0.4, 0.5) is 0 Å². The van der Waals surface area contributed by atoms with Gasteiger partial charge in [0.2, 0.25) is 0 Å². The smallest absolute Gasteiger partial charge is 0.0773 e. The molecular formula is C13H29N3O. The van der Waals surface area contributed by atoms with Crippen molar-refractivity contribution in [1.29, 1.82) is 0 Å². The standard InChI is InChI=1S/C13H29N3O/c1-13(2,17-4)12(14)6-9-16-8-5-7-15(3)10-11-16/h12H,5-11,14H2,1-4H3. The molecule has 0 saturated carbocycles. The zero-order chi connectivity index (χ0) is 12.9. The Morgan fingerprint density at radius 1 is 1.24 bits per heavy atom. The van der Waals surface area contributed by atoms with Crippen molar-refractivity contribution in [1.82, 2.24) is 9.80 Å². The lowest BCUT2D eigenvalue weighted by Gasteiger charge is -2.32. The predicted octanol–water partition coefficient (Wildman–Crippen LogP) is 0.766. The van der Waals surface area contributed by atoms with Gasteiger partial charge in [-0.1, -0.05) is 0 Å². The highest BCUT2D eigenvalue weighted by Crippen LogP contribution is 2.15. The highest BCUT2D eigenvalue weighted by Gasteiger charge is 2.26. The first-order chi connectivity index (χ1) is 7.95. The number of rotatable bonds is 5. The summed E-state index contributed by atoms with van der Waals surface area (Å²) in [5, 5.41) is 0. The maximum Gasteiger partial charge on any atom is 0.0773 e. The van der Waals surface area contributed by atoms with Crippen molar-refractivity contribution >= 4 is 0 Å². The normalized spacial score (nSPS) is 22.4. The van der Waals surface area contributed by atoms with E-state index in [1.807, 2.05) is 0 Å². The second kappa shape index (κ2) is 6.69. The van der Waals surface area contributed by atoms with Gasteiger partial charge in [-0.05, 0) is 53.4 Å². The number of ether oxygens (including phenoxy) is 1. The van der Waals surface area contributed by atoms with Gasteiger partial charge in [-0.15, -0.1) is 0 Å². The number of methoxy groups -OCH3 is 1. The van der Waals surface area contributed by atoms with Gasteiger partial charge in [-0.2, -0.15) is 0 Å². The van der Waals surface area contributed by atoms with Crippen molar-refractivity contribution < 1.29 is 4.74 Å². The lowest BCUT2D eigenvalue weighted by Crippen LogP contribution is -2.46. The van der Waals surface area contributed by atoms with Gasteiger partial charge in [0.15, 0.2) is 0 Å². The molecule has 0 amide bonds. The zero-order valence-corrected chi connectivity index (χ0v) is 11.9. The lowest BCUT2D eigenvalue weighted by atomic mass is 9.96. The minimum atomic E-state index is -0.220. The molecule has 0 bridgehead atoms. The van der Waals surface area contributed by atoms with E-state index in [0.717, 1.165) is 19.5 Å². The molecule has 0 aromatic rings. The number of hydrogen-bond donors (Lipinski definition) is 1. The summed E-state index contributed by atoms with van der Waals surface area (Å²) < 4.78 is 5.43. The first-order valence-electron chi connectivity index (χ1n) is 6.67. The fourth-order valence-electron chi connectivity index (χ4n) is 2.14. The molecule has 17 heavy (non-hydrogen) atoms. The fraction of sp³-hybridized carbons (Fsp3) is 1.00. The molecule has 1 rings (SSSR count). The summed E-state index contributed by atoms with van der Waals surface area (Å²) in [7, 11) is 3.93. The molecule has 102 valence electrons. The van der Waals surface area contributed by atoms with Crippen molar-refractivity contribution in [3.05, 3.63) is 0 Å². The Morgan fingerprint density at radius 2 is 1.94 bits per heavy atom. The largest absolute Gasteiger partial charge is 0.377 e. The van der Waals surface area contributed by atoms with Crippen LogP contribution in [0, 0.1) is 0 Å². The third-order valence-electron chi connectivity index (χ3n) is 3.99. The van der Waals surface area contributed by atoms with Crippen molar-refractivity contribution in [3.63, 3.8) is 0 Å². The maximum atomic E-state index is 6.18. The predicted molar refractivity (Wildman–Crippen MR) is 72.2 cm³/mol. The van der Waals surface area contributed by atoms with E-state index in [9.17, 15) is 0 Å². The second-order valence-corrected chi connectivity index (χ2v) is 5.70. The van der Waals surface area contributed by atoms with Gasteiger partial charge in [-0.25, -0.2) is 0 Å². The van der Waals surface area contributed by atoms with Gasteiger partial charge >= 0.3 is 0 Å². The molecule has 0 aliphatic carbocycles. The molecule has 1 aliphatic rings. The Balaban J connectivity index is 2.30. The fourth-order valence-corrected chi connectivity index (χ4v) is 2.14. The van der Waals surface area contributed by atoms with Gasteiger partial charge in [0.1, 0.15) is 0 Å². The Kier molecular flexibility index (Phi) is 5.86. The Hall–Kier alpha value is -0.160. The van der Waals surface area contributed by atoms with Crippen LogP contribution in [0.15, 0.2) is 0 Å². The van der Waals surface area contributed by atoms with E-state index in [2.05, 4.69) is 30.7 Å². The molecule has 4 nitrogen and oxygen atoms in total. The van der Waals surface area contributed by atoms with Crippen molar-refractivity contribution in [2.75, 3.05) is 46.9 Å². The molecule has 1 unspecified atom stereocenters. The number of hydrogen-bond acceptors (Lipinski definition) is 4. The van der Waals surface area contributed by atoms with Crippen molar-refractivity contribution in [3.8, 4) is 0 Å². The van der Waals surface area contributed by atoms with Crippen LogP contribution in [0.3, 0.4) is 0 Å². The maximum absolute atomic E-state index is 6.18. The molecule has 4 heteroatoms. The Morgan fingerprint density at radius 3 is 2.59 bits per heavy atom. The summed E-state index contributed by atoms with van der Waals surface area (Å²) >= 11 is 0. The molecule has 1 aliphatic heterocycles. The van der Waals surface area contributed by atoms with Crippen LogP contribution < -0.4 is 5.73 Å². The molecule has 0 radical (unpaired) electrons. The molecule has 1 saturated heterocycles. The van der Waals surface area contributed by atoms with E-state index in [1.54, 1.807) is 7.11 Å². The topological polar surface area (TPSA) is 41.7 Å². The van der Waals surface area contributed by atoms with Crippen LogP contribution >= 0.6 is 0 Å².